The molecule has 0 bridgehead atoms. The molecule has 0 aliphatic carbocycles. The van der Waals surface area contributed by atoms with Gasteiger partial charge in [-0.05, 0) is 70.9 Å². The van der Waals surface area contributed by atoms with E-state index in [-0.39, 0.29) is 35.2 Å². The van der Waals surface area contributed by atoms with Crippen LogP contribution in [0.3, 0.4) is 0 Å². The molecule has 2 aliphatic heterocycles. The number of ether oxygens (including phenoxy) is 1. The van der Waals surface area contributed by atoms with Gasteiger partial charge < -0.3 is 25.0 Å². The van der Waals surface area contributed by atoms with Crippen LogP contribution in [0.1, 0.15) is 81.3 Å². The third kappa shape index (κ3) is 5.48. The molecule has 0 radical (unpaired) electrons. The van der Waals surface area contributed by atoms with Crippen molar-refractivity contribution in [3.63, 3.8) is 0 Å². The third-order valence-corrected chi connectivity index (χ3v) is 7.45. The SMILES string of the molecule is CC(C)=CCCC1(C)OC1CCC(C)CCN1C(=O)c2cccc(O)c2Cc2c(O)cc(O)cc21. The summed E-state index contributed by atoms with van der Waals surface area (Å²) in [5.74, 6) is -0.0122. The van der Waals surface area contributed by atoms with Crippen LogP contribution in [0.15, 0.2) is 42.0 Å². The van der Waals surface area contributed by atoms with Crippen LogP contribution in [0.2, 0.25) is 0 Å². The number of carbonyl (C=O) groups is 1. The first-order valence-corrected chi connectivity index (χ1v) is 12.6. The lowest BCUT2D eigenvalue weighted by atomic mass is 9.93. The van der Waals surface area contributed by atoms with Crippen molar-refractivity contribution in [2.45, 2.75) is 77.9 Å². The molecule has 2 aromatic carbocycles. The number of hydrogen-bond acceptors (Lipinski definition) is 5. The molecule has 3 atom stereocenters. The number of phenolic OH excluding ortho intramolecular Hbond substituents is 3. The fraction of sp³-hybridized carbons (Fsp3) is 0.483. The summed E-state index contributed by atoms with van der Waals surface area (Å²) in [5, 5.41) is 31.1. The summed E-state index contributed by atoms with van der Waals surface area (Å²) in [6.45, 7) is 9.07. The molecule has 3 unspecified atom stereocenters. The van der Waals surface area contributed by atoms with E-state index in [2.05, 4.69) is 33.8 Å². The molecule has 1 fully saturated rings. The van der Waals surface area contributed by atoms with Gasteiger partial charge in [-0.15, -0.1) is 0 Å². The minimum absolute atomic E-state index is 0.0217. The third-order valence-electron chi connectivity index (χ3n) is 7.45. The van der Waals surface area contributed by atoms with Gasteiger partial charge in [0.05, 0.1) is 17.4 Å². The summed E-state index contributed by atoms with van der Waals surface area (Å²) in [6, 6.07) is 7.71. The fourth-order valence-electron chi connectivity index (χ4n) is 5.12. The highest BCUT2D eigenvalue weighted by atomic mass is 16.6. The number of anilines is 1. The largest absolute Gasteiger partial charge is 0.508 e. The first-order valence-electron chi connectivity index (χ1n) is 12.6. The topological polar surface area (TPSA) is 93.5 Å². The Labute approximate surface area is 207 Å². The van der Waals surface area contributed by atoms with Crippen molar-refractivity contribution in [3.05, 3.63) is 58.7 Å². The number of amides is 1. The maximum Gasteiger partial charge on any atom is 0.258 e. The van der Waals surface area contributed by atoms with E-state index in [1.54, 1.807) is 23.1 Å². The number of carbonyl (C=O) groups excluding carboxylic acids is 1. The van der Waals surface area contributed by atoms with Gasteiger partial charge in [0.25, 0.3) is 5.91 Å². The van der Waals surface area contributed by atoms with Crippen LogP contribution >= 0.6 is 0 Å². The Morgan fingerprint density at radius 2 is 1.94 bits per heavy atom. The number of epoxide rings is 1. The van der Waals surface area contributed by atoms with E-state index in [4.69, 9.17) is 4.74 Å². The minimum Gasteiger partial charge on any atom is -0.508 e. The van der Waals surface area contributed by atoms with Gasteiger partial charge in [-0.3, -0.25) is 4.79 Å². The average Bonchev–Trinajstić information content (AvgIpc) is 3.46. The molecule has 0 aromatic heterocycles. The van der Waals surface area contributed by atoms with Gasteiger partial charge in [-0.2, -0.15) is 0 Å². The summed E-state index contributed by atoms with van der Waals surface area (Å²) >= 11 is 0. The van der Waals surface area contributed by atoms with Crippen LogP contribution in [-0.4, -0.2) is 39.5 Å². The van der Waals surface area contributed by atoms with E-state index < -0.39 is 0 Å². The second-order valence-electron chi connectivity index (χ2n) is 10.6. The van der Waals surface area contributed by atoms with Crippen molar-refractivity contribution >= 4 is 11.6 Å². The summed E-state index contributed by atoms with van der Waals surface area (Å²) < 4.78 is 6.01. The number of fused-ring (bicyclic) bond motifs is 2. The molecule has 1 saturated heterocycles. The smallest absolute Gasteiger partial charge is 0.258 e. The standard InChI is InChI=1S/C29H37NO5/c1-18(2)7-6-13-29(4)27(35-29)11-10-19(3)12-14-30-24-15-20(31)16-26(33)23(24)17-22-21(28(30)34)8-5-9-25(22)32/h5,7-9,15-16,19,27,31-33H,6,10-14,17H2,1-4H3. The van der Waals surface area contributed by atoms with Crippen LogP contribution in [0.4, 0.5) is 5.69 Å². The molecule has 2 heterocycles. The van der Waals surface area contributed by atoms with Gasteiger partial charge in [0.1, 0.15) is 17.2 Å². The van der Waals surface area contributed by atoms with Gasteiger partial charge in [0.15, 0.2) is 0 Å². The maximum atomic E-state index is 13.5. The zero-order valence-corrected chi connectivity index (χ0v) is 21.2. The Hall–Kier alpha value is -2.99. The molecule has 2 aromatic rings. The Bertz CT molecular complexity index is 1140. The number of aromatic hydroxyl groups is 3. The minimum atomic E-state index is -0.232. The number of phenols is 3. The van der Waals surface area contributed by atoms with Crippen LogP contribution in [-0.2, 0) is 11.2 Å². The predicted octanol–water partition coefficient (Wildman–Crippen LogP) is 6.06. The van der Waals surface area contributed by atoms with Crippen LogP contribution < -0.4 is 4.90 Å². The maximum absolute atomic E-state index is 13.5. The fourth-order valence-corrected chi connectivity index (χ4v) is 5.12. The number of hydrogen-bond donors (Lipinski definition) is 3. The van der Waals surface area contributed by atoms with Crippen molar-refractivity contribution in [2.75, 3.05) is 11.4 Å². The lowest BCUT2D eigenvalue weighted by Gasteiger charge is -2.25. The van der Waals surface area contributed by atoms with Crippen molar-refractivity contribution in [1.82, 2.24) is 0 Å². The second kappa shape index (κ2) is 9.94. The zero-order chi connectivity index (χ0) is 25.3. The molecule has 4 rings (SSSR count). The van der Waals surface area contributed by atoms with Crippen molar-refractivity contribution < 1.29 is 24.9 Å². The van der Waals surface area contributed by atoms with Crippen molar-refractivity contribution in [2.24, 2.45) is 5.92 Å². The average molecular weight is 480 g/mol. The molecule has 0 spiro atoms. The Morgan fingerprint density at radius 3 is 2.69 bits per heavy atom. The van der Waals surface area contributed by atoms with E-state index in [0.717, 1.165) is 32.1 Å². The van der Waals surface area contributed by atoms with E-state index >= 15 is 0 Å². The van der Waals surface area contributed by atoms with Crippen molar-refractivity contribution in [3.8, 4) is 17.2 Å². The molecule has 1 amide bonds. The van der Waals surface area contributed by atoms with Gasteiger partial charge in [-0.25, -0.2) is 0 Å². The first-order chi connectivity index (χ1) is 16.6. The highest BCUT2D eigenvalue weighted by Crippen LogP contribution is 2.44. The highest BCUT2D eigenvalue weighted by molar-refractivity contribution is 6.09. The van der Waals surface area contributed by atoms with Crippen LogP contribution in [0.25, 0.3) is 0 Å². The van der Waals surface area contributed by atoms with E-state index in [9.17, 15) is 20.1 Å². The van der Waals surface area contributed by atoms with Gasteiger partial charge in [0.2, 0.25) is 0 Å². The zero-order valence-electron chi connectivity index (χ0n) is 21.2. The lowest BCUT2D eigenvalue weighted by Crippen LogP contribution is -2.32. The predicted molar refractivity (Wildman–Crippen MR) is 137 cm³/mol. The highest BCUT2D eigenvalue weighted by Gasteiger charge is 2.50. The summed E-state index contributed by atoms with van der Waals surface area (Å²) in [5.41, 5.74) is 3.25. The van der Waals surface area contributed by atoms with Crippen LogP contribution in [0, 0.1) is 5.92 Å². The summed E-state index contributed by atoms with van der Waals surface area (Å²) in [6.07, 6.45) is 7.61. The van der Waals surface area contributed by atoms with Crippen molar-refractivity contribution in [1.29, 1.82) is 0 Å². The van der Waals surface area contributed by atoms with E-state index in [1.165, 1.54) is 17.7 Å². The Morgan fingerprint density at radius 1 is 1.17 bits per heavy atom. The molecule has 3 N–H and O–H groups in total. The molecule has 2 aliphatic rings. The molecular formula is C29H37NO5. The molecule has 35 heavy (non-hydrogen) atoms. The lowest BCUT2D eigenvalue weighted by molar-refractivity contribution is 0.0985. The summed E-state index contributed by atoms with van der Waals surface area (Å²) in [7, 11) is 0. The van der Waals surface area contributed by atoms with E-state index in [1.807, 2.05) is 0 Å². The van der Waals surface area contributed by atoms with Gasteiger partial charge >= 0.3 is 0 Å². The molecule has 6 heteroatoms. The Balaban J connectivity index is 1.43. The number of rotatable bonds is 9. The summed E-state index contributed by atoms with van der Waals surface area (Å²) in [4.78, 5) is 15.2. The molecule has 188 valence electrons. The van der Waals surface area contributed by atoms with Gasteiger partial charge in [0, 0.05) is 41.8 Å². The first kappa shape index (κ1) is 25.1. The Kier molecular flexibility index (Phi) is 7.13. The monoisotopic (exact) mass is 479 g/mol. The quantitative estimate of drug-likeness (QED) is 0.300. The normalized spacial score (nSPS) is 21.7. The molecular weight excluding hydrogens is 442 g/mol. The van der Waals surface area contributed by atoms with E-state index in [0.29, 0.717) is 40.9 Å². The number of allylic oxidation sites excluding steroid dienone is 2. The number of benzene rings is 2. The number of nitrogens with zero attached hydrogens (tertiary/aromatic N) is 1. The molecule has 6 nitrogen and oxygen atoms in total. The molecule has 0 saturated carbocycles. The van der Waals surface area contributed by atoms with Gasteiger partial charge in [-0.1, -0.05) is 24.6 Å². The van der Waals surface area contributed by atoms with Crippen LogP contribution in [0.5, 0.6) is 17.2 Å². The second-order valence-corrected chi connectivity index (χ2v) is 10.6.